The van der Waals surface area contributed by atoms with Crippen LogP contribution in [0.5, 0.6) is 0 Å². The molecule has 2 saturated carbocycles. The minimum atomic E-state index is 0.352. The van der Waals surface area contributed by atoms with E-state index in [1.165, 1.54) is 32.1 Å². The van der Waals surface area contributed by atoms with Gasteiger partial charge in [-0.2, -0.15) is 0 Å². The Morgan fingerprint density at radius 1 is 1.17 bits per heavy atom. The standard InChI is InChI=1S/C16H29BrO/c1-6-16(5)13(17)8-14(16)18-12-7-11(2)9-15(3,4)10-12/h11-14H,6-10H2,1-5H3. The highest BCUT2D eigenvalue weighted by atomic mass is 79.9. The van der Waals surface area contributed by atoms with Crippen LogP contribution in [0, 0.1) is 16.7 Å². The maximum absolute atomic E-state index is 6.48. The molecule has 2 aliphatic rings. The molecule has 0 aromatic heterocycles. The van der Waals surface area contributed by atoms with E-state index in [0.717, 1.165) is 5.92 Å². The molecule has 0 radical (unpaired) electrons. The van der Waals surface area contributed by atoms with Crippen molar-refractivity contribution in [1.82, 2.24) is 0 Å². The molecular weight excluding hydrogens is 288 g/mol. The predicted octanol–water partition coefficient (Wildman–Crippen LogP) is 5.17. The lowest BCUT2D eigenvalue weighted by molar-refractivity contribution is -0.152. The summed E-state index contributed by atoms with van der Waals surface area (Å²) in [5.41, 5.74) is 0.813. The number of hydrogen-bond acceptors (Lipinski definition) is 1. The third kappa shape index (κ3) is 2.80. The molecule has 2 heteroatoms. The number of halogens is 1. The van der Waals surface area contributed by atoms with Gasteiger partial charge in [0.05, 0.1) is 12.2 Å². The Labute approximate surface area is 121 Å². The Balaban J connectivity index is 1.94. The van der Waals surface area contributed by atoms with Gasteiger partial charge in [0, 0.05) is 10.2 Å². The second-order valence-electron chi connectivity index (χ2n) is 7.72. The van der Waals surface area contributed by atoms with E-state index in [0.29, 0.717) is 27.9 Å². The van der Waals surface area contributed by atoms with E-state index in [-0.39, 0.29) is 0 Å². The summed E-state index contributed by atoms with van der Waals surface area (Å²) in [4.78, 5) is 0.647. The molecule has 0 N–H and O–H groups in total. The Kier molecular flexibility index (Phi) is 4.19. The van der Waals surface area contributed by atoms with Crippen molar-refractivity contribution in [3.8, 4) is 0 Å². The van der Waals surface area contributed by atoms with E-state index < -0.39 is 0 Å². The van der Waals surface area contributed by atoms with E-state index in [9.17, 15) is 0 Å². The van der Waals surface area contributed by atoms with Gasteiger partial charge >= 0.3 is 0 Å². The second kappa shape index (κ2) is 5.09. The van der Waals surface area contributed by atoms with Gasteiger partial charge in [-0.1, -0.05) is 50.5 Å². The molecule has 5 unspecified atom stereocenters. The van der Waals surface area contributed by atoms with Crippen LogP contribution < -0.4 is 0 Å². The second-order valence-corrected chi connectivity index (χ2v) is 8.83. The molecule has 5 atom stereocenters. The van der Waals surface area contributed by atoms with Crippen molar-refractivity contribution in [3.05, 3.63) is 0 Å². The molecule has 1 nitrogen and oxygen atoms in total. The first kappa shape index (κ1) is 14.8. The monoisotopic (exact) mass is 316 g/mol. The first-order chi connectivity index (χ1) is 8.27. The number of alkyl halides is 1. The lowest BCUT2D eigenvalue weighted by Gasteiger charge is -2.53. The van der Waals surface area contributed by atoms with Crippen molar-refractivity contribution in [2.24, 2.45) is 16.7 Å². The normalized spacial score (nSPS) is 47.7. The fourth-order valence-electron chi connectivity index (χ4n) is 4.02. The van der Waals surface area contributed by atoms with Gasteiger partial charge in [0.2, 0.25) is 0 Å². The third-order valence-electron chi connectivity index (χ3n) is 5.34. The van der Waals surface area contributed by atoms with Crippen molar-refractivity contribution >= 4 is 15.9 Å². The van der Waals surface area contributed by atoms with Crippen molar-refractivity contribution in [3.63, 3.8) is 0 Å². The first-order valence-electron chi connectivity index (χ1n) is 7.56. The summed E-state index contributed by atoms with van der Waals surface area (Å²) in [5, 5.41) is 0. The van der Waals surface area contributed by atoms with Crippen LogP contribution >= 0.6 is 15.9 Å². The molecule has 0 heterocycles. The van der Waals surface area contributed by atoms with Gasteiger partial charge in [0.1, 0.15) is 0 Å². The first-order valence-corrected chi connectivity index (χ1v) is 8.48. The molecule has 0 saturated heterocycles. The molecule has 0 spiro atoms. The molecule has 0 amide bonds. The van der Waals surface area contributed by atoms with E-state index >= 15 is 0 Å². The zero-order valence-electron chi connectivity index (χ0n) is 12.6. The van der Waals surface area contributed by atoms with Gasteiger partial charge in [0.25, 0.3) is 0 Å². The van der Waals surface area contributed by atoms with Gasteiger partial charge in [-0.25, -0.2) is 0 Å². The lowest BCUT2D eigenvalue weighted by atomic mass is 9.65. The van der Waals surface area contributed by atoms with E-state index in [4.69, 9.17) is 4.74 Å². The quantitative estimate of drug-likeness (QED) is 0.653. The Hall–Kier alpha value is 0.440. The minimum Gasteiger partial charge on any atom is -0.374 e. The minimum absolute atomic E-state index is 0.352. The van der Waals surface area contributed by atoms with Gasteiger partial charge in [0.15, 0.2) is 0 Å². The maximum atomic E-state index is 6.48. The molecule has 0 aromatic carbocycles. The third-order valence-corrected chi connectivity index (χ3v) is 6.76. The van der Waals surface area contributed by atoms with E-state index in [1.807, 2.05) is 0 Å². The molecule has 2 fully saturated rings. The largest absolute Gasteiger partial charge is 0.374 e. The fourth-order valence-corrected chi connectivity index (χ4v) is 4.98. The van der Waals surface area contributed by atoms with Crippen molar-refractivity contribution < 1.29 is 4.74 Å². The van der Waals surface area contributed by atoms with Crippen LogP contribution in [0.4, 0.5) is 0 Å². The van der Waals surface area contributed by atoms with Crippen LogP contribution in [0.15, 0.2) is 0 Å². The molecule has 0 bridgehead atoms. The highest BCUT2D eigenvalue weighted by Gasteiger charge is 2.51. The van der Waals surface area contributed by atoms with Crippen LogP contribution in [-0.4, -0.2) is 17.0 Å². The van der Waals surface area contributed by atoms with E-state index in [1.54, 1.807) is 0 Å². The molecular formula is C16H29BrO. The molecule has 2 rings (SSSR count). The van der Waals surface area contributed by atoms with Crippen molar-refractivity contribution in [2.45, 2.75) is 83.8 Å². The lowest BCUT2D eigenvalue weighted by Crippen LogP contribution is -2.55. The summed E-state index contributed by atoms with van der Waals surface area (Å²) >= 11 is 3.80. The van der Waals surface area contributed by atoms with Gasteiger partial charge in [-0.3, -0.25) is 0 Å². The zero-order valence-corrected chi connectivity index (χ0v) is 14.2. The highest BCUT2D eigenvalue weighted by molar-refractivity contribution is 9.09. The van der Waals surface area contributed by atoms with Crippen molar-refractivity contribution in [2.75, 3.05) is 0 Å². The van der Waals surface area contributed by atoms with Gasteiger partial charge in [-0.15, -0.1) is 0 Å². The van der Waals surface area contributed by atoms with E-state index in [2.05, 4.69) is 50.5 Å². The Bertz CT molecular complexity index is 301. The number of rotatable bonds is 3. The molecule has 2 aliphatic carbocycles. The fraction of sp³-hybridized carbons (Fsp3) is 1.00. The summed E-state index contributed by atoms with van der Waals surface area (Å²) in [6.07, 6.45) is 7.20. The number of ether oxygens (including phenoxy) is 1. The summed E-state index contributed by atoms with van der Waals surface area (Å²) in [6, 6.07) is 0. The Morgan fingerprint density at radius 3 is 2.33 bits per heavy atom. The van der Waals surface area contributed by atoms with Crippen LogP contribution in [0.2, 0.25) is 0 Å². The van der Waals surface area contributed by atoms with Crippen LogP contribution in [-0.2, 0) is 4.74 Å². The van der Waals surface area contributed by atoms with Crippen molar-refractivity contribution in [1.29, 1.82) is 0 Å². The highest BCUT2D eigenvalue weighted by Crippen LogP contribution is 2.51. The van der Waals surface area contributed by atoms with Crippen LogP contribution in [0.1, 0.15) is 66.7 Å². The SMILES string of the molecule is CCC1(C)C(Br)CC1OC1CC(C)CC(C)(C)C1. The average molecular weight is 317 g/mol. The molecule has 0 aromatic rings. The van der Waals surface area contributed by atoms with Gasteiger partial charge < -0.3 is 4.74 Å². The molecule has 0 aliphatic heterocycles. The average Bonchev–Trinajstić information content (AvgIpc) is 2.24. The number of hydrogen-bond donors (Lipinski definition) is 0. The molecule has 106 valence electrons. The summed E-state index contributed by atoms with van der Waals surface area (Å²) in [5.74, 6) is 0.812. The predicted molar refractivity (Wildman–Crippen MR) is 81.2 cm³/mol. The van der Waals surface area contributed by atoms with Crippen LogP contribution in [0.3, 0.4) is 0 Å². The Morgan fingerprint density at radius 2 is 1.83 bits per heavy atom. The summed E-state index contributed by atoms with van der Waals surface area (Å²) in [7, 11) is 0. The van der Waals surface area contributed by atoms with Crippen LogP contribution in [0.25, 0.3) is 0 Å². The maximum Gasteiger partial charge on any atom is 0.0653 e. The topological polar surface area (TPSA) is 9.23 Å². The van der Waals surface area contributed by atoms with Gasteiger partial charge in [-0.05, 0) is 43.4 Å². The molecule has 18 heavy (non-hydrogen) atoms. The smallest absolute Gasteiger partial charge is 0.0653 e. The zero-order chi connectivity index (χ0) is 13.6. The summed E-state index contributed by atoms with van der Waals surface area (Å²) < 4.78 is 6.48. The summed E-state index contributed by atoms with van der Waals surface area (Å²) in [6.45, 7) is 11.8.